The molecule has 2 aromatic heterocycles. The number of carbonyl (C=O) groups excluding carboxylic acids is 1. The Balaban J connectivity index is 1.76. The van der Waals surface area contributed by atoms with Crippen LogP contribution in [-0.2, 0) is 10.0 Å². The molecule has 1 amide bonds. The molecule has 3 aromatic rings. The number of carbonyl (C=O) groups is 1. The van der Waals surface area contributed by atoms with E-state index in [0.717, 1.165) is 23.8 Å². The SMILES string of the molecule is CCOc1ccc(-c2ccc(C(=O)NS(=O)(=O)c3ccc[nH]c3=O)c(N3C[C@@H](C)CC3(C)C)n2)cc1. The summed E-state index contributed by atoms with van der Waals surface area (Å²) in [6.45, 7) is 9.42. The van der Waals surface area contributed by atoms with Crippen molar-refractivity contribution in [3.05, 3.63) is 70.6 Å². The lowest BCUT2D eigenvalue weighted by Crippen LogP contribution is -2.41. The number of benzene rings is 1. The number of anilines is 1. The van der Waals surface area contributed by atoms with E-state index < -0.39 is 26.4 Å². The van der Waals surface area contributed by atoms with E-state index in [2.05, 4.69) is 25.8 Å². The zero-order chi connectivity index (χ0) is 26.1. The largest absolute Gasteiger partial charge is 0.494 e. The van der Waals surface area contributed by atoms with Crippen molar-refractivity contribution in [3.63, 3.8) is 0 Å². The van der Waals surface area contributed by atoms with Crippen LogP contribution in [0.25, 0.3) is 11.3 Å². The third-order valence-electron chi connectivity index (χ3n) is 6.21. The van der Waals surface area contributed by atoms with Crippen molar-refractivity contribution in [2.24, 2.45) is 5.92 Å². The number of nitrogens with zero attached hydrogens (tertiary/aromatic N) is 2. The Morgan fingerprint density at radius 3 is 2.53 bits per heavy atom. The maximum absolute atomic E-state index is 13.3. The van der Waals surface area contributed by atoms with Gasteiger partial charge in [0, 0.05) is 23.8 Å². The van der Waals surface area contributed by atoms with Gasteiger partial charge < -0.3 is 14.6 Å². The number of rotatable bonds is 7. The lowest BCUT2D eigenvalue weighted by atomic mass is 9.97. The molecule has 10 heteroatoms. The monoisotopic (exact) mass is 510 g/mol. The average Bonchev–Trinajstić information content (AvgIpc) is 3.11. The third kappa shape index (κ3) is 5.13. The predicted octanol–water partition coefficient (Wildman–Crippen LogP) is 3.58. The first kappa shape index (κ1) is 25.4. The van der Waals surface area contributed by atoms with Crippen LogP contribution in [0.2, 0.25) is 0 Å². The number of pyridine rings is 2. The van der Waals surface area contributed by atoms with Gasteiger partial charge in [0.1, 0.15) is 11.6 Å². The average molecular weight is 511 g/mol. The highest BCUT2D eigenvalue weighted by atomic mass is 32.2. The van der Waals surface area contributed by atoms with Crippen molar-refractivity contribution in [1.82, 2.24) is 14.7 Å². The molecule has 3 heterocycles. The summed E-state index contributed by atoms with van der Waals surface area (Å²) in [5, 5.41) is 0. The maximum atomic E-state index is 13.3. The normalized spacial score (nSPS) is 17.1. The molecule has 9 nitrogen and oxygen atoms in total. The molecule has 1 aromatic carbocycles. The molecule has 4 rings (SSSR count). The van der Waals surface area contributed by atoms with Crippen molar-refractivity contribution in [1.29, 1.82) is 0 Å². The van der Waals surface area contributed by atoms with E-state index in [9.17, 15) is 18.0 Å². The number of sulfonamides is 1. The fraction of sp³-hybridized carbons (Fsp3) is 0.346. The summed E-state index contributed by atoms with van der Waals surface area (Å²) in [7, 11) is -4.39. The van der Waals surface area contributed by atoms with Gasteiger partial charge in [0.05, 0.1) is 17.9 Å². The standard InChI is InChI=1S/C26H30N4O5S/c1-5-35-19-10-8-18(9-11-19)21-13-12-20(23(28-21)30-16-17(2)15-26(30,3)4)24(31)29-36(33,34)22-7-6-14-27-25(22)32/h6-14,17H,5,15-16H2,1-4H3,(H,27,32)(H,29,31)/t17-/m0/s1. The van der Waals surface area contributed by atoms with Crippen molar-refractivity contribution < 1.29 is 17.9 Å². The molecule has 190 valence electrons. The number of hydrogen-bond acceptors (Lipinski definition) is 7. The van der Waals surface area contributed by atoms with Gasteiger partial charge >= 0.3 is 0 Å². The Labute approximate surface area is 210 Å². The fourth-order valence-electron chi connectivity index (χ4n) is 4.69. The number of aromatic amines is 1. The van der Waals surface area contributed by atoms with Crippen LogP contribution < -0.4 is 19.9 Å². The van der Waals surface area contributed by atoms with Crippen LogP contribution >= 0.6 is 0 Å². The van der Waals surface area contributed by atoms with Crippen LogP contribution in [0.3, 0.4) is 0 Å². The quantitative estimate of drug-likeness (QED) is 0.498. The van der Waals surface area contributed by atoms with Crippen LogP contribution in [0.1, 0.15) is 44.5 Å². The highest BCUT2D eigenvalue weighted by Crippen LogP contribution is 2.38. The third-order valence-corrected chi connectivity index (χ3v) is 7.56. The number of H-pyrrole nitrogens is 1. The van der Waals surface area contributed by atoms with Crippen LogP contribution in [-0.4, -0.2) is 43.0 Å². The number of amides is 1. The zero-order valence-electron chi connectivity index (χ0n) is 20.7. The first-order valence-electron chi connectivity index (χ1n) is 11.8. The minimum Gasteiger partial charge on any atom is -0.494 e. The van der Waals surface area contributed by atoms with Crippen LogP contribution in [0.15, 0.2) is 64.4 Å². The molecule has 1 atom stereocenters. The smallest absolute Gasteiger partial charge is 0.269 e. The van der Waals surface area contributed by atoms with E-state index in [4.69, 9.17) is 9.72 Å². The topological polar surface area (TPSA) is 121 Å². The van der Waals surface area contributed by atoms with Gasteiger partial charge in [-0.25, -0.2) is 18.1 Å². The molecular formula is C26H30N4O5S. The Bertz CT molecular complexity index is 1430. The number of nitrogens with one attached hydrogen (secondary N) is 2. The van der Waals surface area contributed by atoms with Gasteiger partial charge in [-0.05, 0) is 81.6 Å². The molecule has 1 aliphatic rings. The molecular weight excluding hydrogens is 480 g/mol. The van der Waals surface area contributed by atoms with Crippen molar-refractivity contribution in [2.75, 3.05) is 18.1 Å². The van der Waals surface area contributed by atoms with E-state index in [-0.39, 0.29) is 11.1 Å². The van der Waals surface area contributed by atoms with Gasteiger partial charge in [-0.2, -0.15) is 0 Å². The van der Waals surface area contributed by atoms with Gasteiger partial charge in [0.25, 0.3) is 21.5 Å². The van der Waals surface area contributed by atoms with E-state index in [0.29, 0.717) is 30.6 Å². The number of hydrogen-bond donors (Lipinski definition) is 2. The predicted molar refractivity (Wildman–Crippen MR) is 138 cm³/mol. The van der Waals surface area contributed by atoms with Gasteiger partial charge in [0.2, 0.25) is 0 Å². The second-order valence-electron chi connectivity index (χ2n) is 9.56. The van der Waals surface area contributed by atoms with Gasteiger partial charge in [-0.1, -0.05) is 6.92 Å². The Hall–Kier alpha value is -3.66. The van der Waals surface area contributed by atoms with Crippen molar-refractivity contribution in [2.45, 2.75) is 44.6 Å². The Morgan fingerprint density at radius 2 is 1.92 bits per heavy atom. The first-order chi connectivity index (χ1) is 17.0. The highest BCUT2D eigenvalue weighted by Gasteiger charge is 2.39. The van der Waals surface area contributed by atoms with Crippen LogP contribution in [0.4, 0.5) is 5.82 Å². The highest BCUT2D eigenvalue weighted by molar-refractivity contribution is 7.90. The van der Waals surface area contributed by atoms with E-state index in [1.807, 2.05) is 40.8 Å². The minimum atomic E-state index is -4.39. The first-order valence-corrected chi connectivity index (χ1v) is 13.3. The van der Waals surface area contributed by atoms with E-state index in [1.165, 1.54) is 12.3 Å². The minimum absolute atomic E-state index is 0.114. The second-order valence-corrected chi connectivity index (χ2v) is 11.2. The summed E-state index contributed by atoms with van der Waals surface area (Å²) in [4.78, 5) is 34.0. The van der Waals surface area contributed by atoms with Crippen molar-refractivity contribution >= 4 is 21.7 Å². The summed E-state index contributed by atoms with van der Waals surface area (Å²) < 4.78 is 33.2. The zero-order valence-corrected chi connectivity index (χ0v) is 21.6. The second kappa shape index (κ2) is 9.77. The van der Waals surface area contributed by atoms with Gasteiger partial charge in [0.15, 0.2) is 4.90 Å². The molecule has 0 aliphatic carbocycles. The van der Waals surface area contributed by atoms with Crippen molar-refractivity contribution in [3.8, 4) is 17.0 Å². The molecule has 0 saturated carbocycles. The van der Waals surface area contributed by atoms with E-state index >= 15 is 0 Å². The number of ether oxygens (including phenoxy) is 1. The molecule has 0 spiro atoms. The Morgan fingerprint density at radius 1 is 1.19 bits per heavy atom. The summed E-state index contributed by atoms with van der Waals surface area (Å²) in [6.07, 6.45) is 2.21. The molecule has 36 heavy (non-hydrogen) atoms. The summed E-state index contributed by atoms with van der Waals surface area (Å²) >= 11 is 0. The van der Waals surface area contributed by atoms with E-state index in [1.54, 1.807) is 12.1 Å². The van der Waals surface area contributed by atoms with Gasteiger partial charge in [-0.15, -0.1) is 0 Å². The maximum Gasteiger partial charge on any atom is 0.269 e. The molecule has 2 N–H and O–H groups in total. The molecule has 0 radical (unpaired) electrons. The summed E-state index contributed by atoms with van der Waals surface area (Å²) in [6, 6.07) is 13.3. The lowest BCUT2D eigenvalue weighted by molar-refractivity contribution is 0.0981. The van der Waals surface area contributed by atoms with Crippen LogP contribution in [0, 0.1) is 5.92 Å². The Kier molecular flexibility index (Phi) is 6.90. The molecule has 1 saturated heterocycles. The summed E-state index contributed by atoms with van der Waals surface area (Å²) in [5.74, 6) is 0.645. The molecule has 0 bridgehead atoms. The van der Waals surface area contributed by atoms with Crippen LogP contribution in [0.5, 0.6) is 5.75 Å². The molecule has 1 aliphatic heterocycles. The fourth-order valence-corrected chi connectivity index (χ4v) is 5.71. The molecule has 1 fully saturated rings. The lowest BCUT2D eigenvalue weighted by Gasteiger charge is -2.34. The van der Waals surface area contributed by atoms with Gasteiger partial charge in [-0.3, -0.25) is 9.59 Å². The molecule has 0 unspecified atom stereocenters. The summed E-state index contributed by atoms with van der Waals surface area (Å²) in [5.41, 5.74) is 0.482. The number of aromatic nitrogens is 2.